The number of allylic oxidation sites excluding steroid dienone is 3. The van der Waals surface area contributed by atoms with Crippen LogP contribution in [-0.2, 0) is 4.79 Å². The van der Waals surface area contributed by atoms with Crippen LogP contribution in [0, 0.1) is 5.41 Å². The highest BCUT2D eigenvalue weighted by atomic mass is 16.1. The molecule has 2 aliphatic rings. The Hall–Kier alpha value is -0.850. The van der Waals surface area contributed by atoms with Crippen molar-refractivity contribution in [3.63, 3.8) is 0 Å². The monoisotopic (exact) mass is 190 g/mol. The summed E-state index contributed by atoms with van der Waals surface area (Å²) in [5.41, 5.74) is 1.74. The maximum atomic E-state index is 11.4. The van der Waals surface area contributed by atoms with E-state index in [1.54, 1.807) is 0 Å². The fraction of sp³-hybridized carbons (Fsp3) is 0.615. The molecule has 1 heteroatoms. The van der Waals surface area contributed by atoms with Crippen LogP contribution in [0.3, 0.4) is 0 Å². The van der Waals surface area contributed by atoms with Gasteiger partial charge in [-0.05, 0) is 43.6 Å². The number of rotatable bonds is 2. The Morgan fingerprint density at radius 2 is 2.21 bits per heavy atom. The zero-order chi connectivity index (χ0) is 10.0. The van der Waals surface area contributed by atoms with E-state index in [4.69, 9.17) is 0 Å². The Kier molecular flexibility index (Phi) is 2.58. The average molecular weight is 190 g/mol. The molecule has 0 heterocycles. The van der Waals surface area contributed by atoms with E-state index in [1.165, 1.54) is 24.8 Å². The van der Waals surface area contributed by atoms with Gasteiger partial charge in [0.05, 0.1) is 0 Å². The van der Waals surface area contributed by atoms with E-state index in [1.807, 2.05) is 12.2 Å². The summed E-state index contributed by atoms with van der Waals surface area (Å²) in [7, 11) is 0. The van der Waals surface area contributed by atoms with Gasteiger partial charge in [0.1, 0.15) is 0 Å². The second-order valence-electron chi connectivity index (χ2n) is 4.62. The summed E-state index contributed by atoms with van der Waals surface area (Å²) in [5.74, 6) is 0.335. The number of carbonyl (C=O) groups excluding carboxylic acids is 1. The number of hydrogen-bond donors (Lipinski definition) is 0. The molecular formula is C13H18O. The van der Waals surface area contributed by atoms with Crippen molar-refractivity contribution in [2.45, 2.75) is 44.9 Å². The van der Waals surface area contributed by atoms with Gasteiger partial charge in [-0.1, -0.05) is 18.1 Å². The van der Waals surface area contributed by atoms with E-state index < -0.39 is 0 Å². The summed E-state index contributed by atoms with van der Waals surface area (Å²) in [6, 6.07) is 0. The van der Waals surface area contributed by atoms with Gasteiger partial charge in [0.2, 0.25) is 0 Å². The lowest BCUT2D eigenvalue weighted by Crippen LogP contribution is -2.30. The molecule has 1 fully saturated rings. The third kappa shape index (κ3) is 1.56. The van der Waals surface area contributed by atoms with Crippen LogP contribution >= 0.6 is 0 Å². The molecule has 0 spiro atoms. The molecule has 0 bridgehead atoms. The van der Waals surface area contributed by atoms with Crippen molar-refractivity contribution < 1.29 is 4.79 Å². The molecule has 0 aromatic heterocycles. The maximum absolute atomic E-state index is 11.4. The van der Waals surface area contributed by atoms with E-state index in [-0.39, 0.29) is 0 Å². The van der Waals surface area contributed by atoms with E-state index in [0.717, 1.165) is 25.7 Å². The summed E-state index contributed by atoms with van der Waals surface area (Å²) >= 11 is 0. The molecule has 2 rings (SSSR count). The number of fused-ring (bicyclic) bond motifs is 1. The molecule has 0 saturated heterocycles. The van der Waals surface area contributed by atoms with Gasteiger partial charge in [-0.2, -0.15) is 0 Å². The summed E-state index contributed by atoms with van der Waals surface area (Å²) in [4.78, 5) is 11.4. The lowest BCUT2D eigenvalue weighted by atomic mass is 9.63. The Morgan fingerprint density at radius 3 is 3.00 bits per heavy atom. The normalized spacial score (nSPS) is 32.0. The van der Waals surface area contributed by atoms with Gasteiger partial charge in [0.15, 0.2) is 5.78 Å². The zero-order valence-electron chi connectivity index (χ0n) is 8.72. The van der Waals surface area contributed by atoms with Crippen LogP contribution in [0.5, 0.6) is 0 Å². The summed E-state index contributed by atoms with van der Waals surface area (Å²) in [6.07, 6.45) is 11.8. The zero-order valence-corrected chi connectivity index (χ0v) is 8.72. The molecule has 0 aromatic rings. The van der Waals surface area contributed by atoms with E-state index in [9.17, 15) is 4.79 Å². The quantitative estimate of drug-likeness (QED) is 0.610. The fourth-order valence-electron chi connectivity index (χ4n) is 2.96. The molecule has 0 unspecified atom stereocenters. The summed E-state index contributed by atoms with van der Waals surface area (Å²) < 4.78 is 0. The Balaban J connectivity index is 2.29. The highest BCUT2D eigenvalue weighted by Crippen LogP contribution is 2.49. The molecule has 0 radical (unpaired) electrons. The third-order valence-electron chi connectivity index (χ3n) is 3.75. The van der Waals surface area contributed by atoms with Crippen LogP contribution in [0.1, 0.15) is 44.9 Å². The number of ketones is 1. The van der Waals surface area contributed by atoms with E-state index in [2.05, 4.69) is 6.58 Å². The topological polar surface area (TPSA) is 17.1 Å². The van der Waals surface area contributed by atoms with Crippen molar-refractivity contribution in [1.29, 1.82) is 0 Å². The summed E-state index contributed by atoms with van der Waals surface area (Å²) in [6.45, 7) is 3.85. The molecule has 1 nitrogen and oxygen atoms in total. The SMILES string of the molecule is C=CC[C@]12CCCCC1=CC(=O)CC2. The predicted octanol–water partition coefficient (Wildman–Crippen LogP) is 3.41. The highest BCUT2D eigenvalue weighted by molar-refractivity contribution is 5.91. The van der Waals surface area contributed by atoms with Crippen molar-refractivity contribution in [1.82, 2.24) is 0 Å². The van der Waals surface area contributed by atoms with Gasteiger partial charge in [0.25, 0.3) is 0 Å². The predicted molar refractivity (Wildman–Crippen MR) is 58.0 cm³/mol. The van der Waals surface area contributed by atoms with Crippen LogP contribution in [0.2, 0.25) is 0 Å². The van der Waals surface area contributed by atoms with Gasteiger partial charge in [-0.25, -0.2) is 0 Å². The van der Waals surface area contributed by atoms with Gasteiger partial charge in [0, 0.05) is 6.42 Å². The molecular weight excluding hydrogens is 172 g/mol. The molecule has 0 amide bonds. The average Bonchev–Trinajstić information content (AvgIpc) is 2.19. The van der Waals surface area contributed by atoms with Crippen LogP contribution in [0.15, 0.2) is 24.3 Å². The minimum atomic E-state index is 0.327. The molecule has 1 atom stereocenters. The Morgan fingerprint density at radius 1 is 1.36 bits per heavy atom. The lowest BCUT2D eigenvalue weighted by Gasteiger charge is -2.41. The molecule has 76 valence electrons. The van der Waals surface area contributed by atoms with Gasteiger partial charge in [-0.15, -0.1) is 6.58 Å². The van der Waals surface area contributed by atoms with Crippen molar-refractivity contribution in [3.8, 4) is 0 Å². The lowest BCUT2D eigenvalue weighted by molar-refractivity contribution is -0.116. The minimum Gasteiger partial charge on any atom is -0.295 e. The van der Waals surface area contributed by atoms with Gasteiger partial charge >= 0.3 is 0 Å². The van der Waals surface area contributed by atoms with Gasteiger partial charge < -0.3 is 0 Å². The first-order chi connectivity index (χ1) is 6.77. The number of hydrogen-bond acceptors (Lipinski definition) is 1. The van der Waals surface area contributed by atoms with E-state index in [0.29, 0.717) is 11.2 Å². The van der Waals surface area contributed by atoms with Crippen molar-refractivity contribution in [3.05, 3.63) is 24.3 Å². The molecule has 0 aliphatic heterocycles. The second kappa shape index (κ2) is 3.72. The van der Waals surface area contributed by atoms with Crippen molar-refractivity contribution in [2.24, 2.45) is 5.41 Å². The molecule has 14 heavy (non-hydrogen) atoms. The number of carbonyl (C=O) groups is 1. The molecule has 1 saturated carbocycles. The van der Waals surface area contributed by atoms with Crippen molar-refractivity contribution in [2.75, 3.05) is 0 Å². The van der Waals surface area contributed by atoms with Crippen LogP contribution in [-0.4, -0.2) is 5.78 Å². The first kappa shape index (κ1) is 9.70. The minimum absolute atomic E-state index is 0.327. The highest BCUT2D eigenvalue weighted by Gasteiger charge is 2.37. The smallest absolute Gasteiger partial charge is 0.155 e. The summed E-state index contributed by atoms with van der Waals surface area (Å²) in [5, 5.41) is 0. The van der Waals surface area contributed by atoms with E-state index >= 15 is 0 Å². The first-order valence-corrected chi connectivity index (χ1v) is 5.62. The standard InChI is InChI=1S/C13H18O/c1-2-7-13-8-4-3-5-11(13)10-12(14)6-9-13/h2,10H,1,3-9H2/t13-/m1/s1. The Bertz CT molecular complexity index is 288. The molecule has 0 aromatic carbocycles. The molecule has 2 aliphatic carbocycles. The third-order valence-corrected chi connectivity index (χ3v) is 3.75. The van der Waals surface area contributed by atoms with Crippen LogP contribution in [0.4, 0.5) is 0 Å². The molecule has 0 N–H and O–H groups in total. The van der Waals surface area contributed by atoms with Gasteiger partial charge in [-0.3, -0.25) is 4.79 Å². The largest absolute Gasteiger partial charge is 0.295 e. The fourth-order valence-corrected chi connectivity index (χ4v) is 2.96. The van der Waals surface area contributed by atoms with Crippen LogP contribution in [0.25, 0.3) is 0 Å². The van der Waals surface area contributed by atoms with Crippen LogP contribution < -0.4 is 0 Å². The van der Waals surface area contributed by atoms with Crippen molar-refractivity contribution >= 4 is 5.78 Å². The maximum Gasteiger partial charge on any atom is 0.155 e. The second-order valence-corrected chi connectivity index (χ2v) is 4.62. The Labute approximate surface area is 85.9 Å². The first-order valence-electron chi connectivity index (χ1n) is 5.62.